The molecule has 2 N–H and O–H groups in total. The van der Waals surface area contributed by atoms with E-state index in [9.17, 15) is 0 Å². The molecule has 2 heterocycles. The van der Waals surface area contributed by atoms with Crippen molar-refractivity contribution in [2.75, 3.05) is 38.6 Å². The van der Waals surface area contributed by atoms with Crippen molar-refractivity contribution in [3.8, 4) is 0 Å². The van der Waals surface area contributed by atoms with Gasteiger partial charge >= 0.3 is 0 Å². The second-order valence-electron chi connectivity index (χ2n) is 3.32. The SMILES string of the molecule is Nc1c[n+](CCN2CCOCC2)no1.[Cl-]. The minimum atomic E-state index is 0. The van der Waals surface area contributed by atoms with E-state index < -0.39 is 0 Å². The number of morpholine rings is 1. The molecule has 0 saturated carbocycles. The molecule has 2 rings (SSSR count). The van der Waals surface area contributed by atoms with Gasteiger partial charge in [-0.25, -0.2) is 0 Å². The Morgan fingerprint density at radius 3 is 2.80 bits per heavy atom. The molecule has 1 saturated heterocycles. The molecule has 6 nitrogen and oxygen atoms in total. The molecule has 1 fully saturated rings. The number of nitrogens with two attached hydrogens (primary N) is 1. The van der Waals surface area contributed by atoms with Crippen molar-refractivity contribution in [2.24, 2.45) is 0 Å². The maximum Gasteiger partial charge on any atom is 0.293 e. The minimum absolute atomic E-state index is 0. The average molecular weight is 235 g/mol. The fourth-order valence-corrected chi connectivity index (χ4v) is 1.47. The van der Waals surface area contributed by atoms with Crippen LogP contribution in [0, 0.1) is 0 Å². The number of nitrogen functional groups attached to an aromatic ring is 1. The van der Waals surface area contributed by atoms with Crippen LogP contribution in [0.2, 0.25) is 0 Å². The van der Waals surface area contributed by atoms with Crippen LogP contribution in [0.25, 0.3) is 0 Å². The van der Waals surface area contributed by atoms with Gasteiger partial charge in [0.05, 0.1) is 19.8 Å². The number of nitrogens with zero attached hydrogens (tertiary/aromatic N) is 3. The van der Waals surface area contributed by atoms with E-state index in [4.69, 9.17) is 15.0 Å². The highest BCUT2D eigenvalue weighted by molar-refractivity contribution is 5.11. The first-order valence-corrected chi connectivity index (χ1v) is 4.76. The Kier molecular flexibility index (Phi) is 4.80. The Labute approximate surface area is 94.3 Å². The topological polar surface area (TPSA) is 68.4 Å². The van der Waals surface area contributed by atoms with E-state index >= 15 is 0 Å². The Bertz CT molecular complexity index is 288. The van der Waals surface area contributed by atoms with E-state index in [-0.39, 0.29) is 12.4 Å². The first kappa shape index (κ1) is 12.2. The average Bonchev–Trinajstić information content (AvgIpc) is 2.63. The van der Waals surface area contributed by atoms with Gasteiger partial charge in [0.25, 0.3) is 12.1 Å². The largest absolute Gasteiger partial charge is 1.00 e. The third-order valence-corrected chi connectivity index (χ3v) is 2.28. The first-order chi connectivity index (χ1) is 6.84. The highest BCUT2D eigenvalue weighted by atomic mass is 35.5. The van der Waals surface area contributed by atoms with Crippen LogP contribution in [-0.4, -0.2) is 43.0 Å². The Balaban J connectivity index is 0.00000112. The van der Waals surface area contributed by atoms with Gasteiger partial charge in [0.15, 0.2) is 6.54 Å². The number of halogens is 1. The number of ether oxygens (including phenoxy) is 1. The molecule has 86 valence electrons. The van der Waals surface area contributed by atoms with Crippen LogP contribution in [0.4, 0.5) is 5.88 Å². The summed E-state index contributed by atoms with van der Waals surface area (Å²) in [4.78, 5) is 2.33. The molecule has 0 atom stereocenters. The Morgan fingerprint density at radius 2 is 2.20 bits per heavy atom. The first-order valence-electron chi connectivity index (χ1n) is 4.76. The molecule has 0 amide bonds. The van der Waals surface area contributed by atoms with E-state index in [1.165, 1.54) is 0 Å². The van der Waals surface area contributed by atoms with Crippen molar-refractivity contribution in [1.82, 2.24) is 10.2 Å². The van der Waals surface area contributed by atoms with Crippen LogP contribution >= 0.6 is 0 Å². The molecule has 1 aromatic rings. The molecule has 0 radical (unpaired) electrons. The minimum Gasteiger partial charge on any atom is -1.00 e. The fourth-order valence-electron chi connectivity index (χ4n) is 1.47. The summed E-state index contributed by atoms with van der Waals surface area (Å²) >= 11 is 0. The van der Waals surface area contributed by atoms with Crippen LogP contribution in [0.3, 0.4) is 0 Å². The van der Waals surface area contributed by atoms with E-state index in [2.05, 4.69) is 10.2 Å². The van der Waals surface area contributed by atoms with Crippen LogP contribution in [0.15, 0.2) is 10.7 Å². The number of hydrogen-bond acceptors (Lipinski definition) is 5. The van der Waals surface area contributed by atoms with Crippen molar-refractivity contribution < 1.29 is 26.3 Å². The van der Waals surface area contributed by atoms with E-state index in [0.717, 1.165) is 39.4 Å². The molecule has 7 heteroatoms. The third-order valence-electron chi connectivity index (χ3n) is 2.28. The van der Waals surface area contributed by atoms with Crippen molar-refractivity contribution in [3.05, 3.63) is 6.20 Å². The summed E-state index contributed by atoms with van der Waals surface area (Å²) in [6.45, 7) is 5.40. The maximum atomic E-state index is 5.40. The molecule has 0 bridgehead atoms. The molecule has 0 spiro atoms. The second kappa shape index (κ2) is 5.89. The lowest BCUT2D eigenvalue weighted by molar-refractivity contribution is -0.761. The maximum absolute atomic E-state index is 5.40. The molecule has 15 heavy (non-hydrogen) atoms. The summed E-state index contributed by atoms with van der Waals surface area (Å²) in [7, 11) is 0. The van der Waals surface area contributed by atoms with Gasteiger partial charge in [0.1, 0.15) is 0 Å². The lowest BCUT2D eigenvalue weighted by Gasteiger charge is -2.24. The number of aromatic nitrogens is 2. The smallest absolute Gasteiger partial charge is 0.293 e. The van der Waals surface area contributed by atoms with Crippen molar-refractivity contribution in [3.63, 3.8) is 0 Å². The van der Waals surface area contributed by atoms with E-state index in [0.29, 0.717) is 5.88 Å². The quantitative estimate of drug-likeness (QED) is 0.539. The van der Waals surface area contributed by atoms with E-state index in [1.807, 2.05) is 0 Å². The van der Waals surface area contributed by atoms with Gasteiger partial charge in [-0.15, -0.1) is 0 Å². The molecular weight excluding hydrogens is 220 g/mol. The predicted octanol–water partition coefficient (Wildman–Crippen LogP) is -4.12. The standard InChI is InChI=1S/C8H15N4O2.ClH/c9-8-7-12(10-14-8)2-1-11-3-5-13-6-4-11;/h7H,1-6,9H2;1H/q+1;/p-1. The third kappa shape index (κ3) is 3.65. The predicted molar refractivity (Wildman–Crippen MR) is 48.4 cm³/mol. The van der Waals surface area contributed by atoms with Gasteiger partial charge in [-0.05, 0) is 4.68 Å². The molecule has 0 aliphatic carbocycles. The normalized spacial score (nSPS) is 17.3. The lowest BCUT2D eigenvalue weighted by Crippen LogP contribution is -3.00. The van der Waals surface area contributed by atoms with Gasteiger partial charge in [-0.3, -0.25) is 9.42 Å². The Morgan fingerprint density at radius 1 is 1.47 bits per heavy atom. The number of anilines is 1. The summed E-state index contributed by atoms with van der Waals surface area (Å²) in [5, 5.41) is 3.76. The van der Waals surface area contributed by atoms with Crippen LogP contribution in [-0.2, 0) is 11.3 Å². The van der Waals surface area contributed by atoms with Gasteiger partial charge in [-0.2, -0.15) is 0 Å². The van der Waals surface area contributed by atoms with Gasteiger partial charge in [0, 0.05) is 13.1 Å². The highest BCUT2D eigenvalue weighted by Gasteiger charge is 2.14. The van der Waals surface area contributed by atoms with Crippen LogP contribution in [0.5, 0.6) is 0 Å². The second-order valence-corrected chi connectivity index (χ2v) is 3.32. The van der Waals surface area contributed by atoms with Crippen LogP contribution in [0.1, 0.15) is 0 Å². The summed E-state index contributed by atoms with van der Waals surface area (Å²) in [6, 6.07) is 0. The monoisotopic (exact) mass is 234 g/mol. The molecule has 0 unspecified atom stereocenters. The van der Waals surface area contributed by atoms with Gasteiger partial charge < -0.3 is 22.9 Å². The number of rotatable bonds is 3. The molecular formula is C8H15ClN4O2. The molecule has 1 aliphatic heterocycles. The fraction of sp³-hybridized carbons (Fsp3) is 0.750. The molecule has 0 aromatic carbocycles. The summed E-state index contributed by atoms with van der Waals surface area (Å²) in [5.41, 5.74) is 5.40. The van der Waals surface area contributed by atoms with Gasteiger partial charge in [-0.1, -0.05) is 0 Å². The van der Waals surface area contributed by atoms with Crippen LogP contribution < -0.4 is 22.8 Å². The zero-order valence-corrected chi connectivity index (χ0v) is 9.19. The van der Waals surface area contributed by atoms with Gasteiger partial charge in [0.2, 0.25) is 5.27 Å². The lowest BCUT2D eigenvalue weighted by atomic mass is 10.4. The zero-order chi connectivity index (χ0) is 9.80. The molecule has 1 aromatic heterocycles. The molecule has 1 aliphatic rings. The number of hydrogen-bond donors (Lipinski definition) is 1. The van der Waals surface area contributed by atoms with Crippen molar-refractivity contribution >= 4 is 5.88 Å². The zero-order valence-electron chi connectivity index (χ0n) is 8.43. The Hall–Kier alpha value is -0.850. The highest BCUT2D eigenvalue weighted by Crippen LogP contribution is 1.96. The van der Waals surface area contributed by atoms with Crippen molar-refractivity contribution in [2.45, 2.75) is 6.54 Å². The van der Waals surface area contributed by atoms with Crippen molar-refractivity contribution in [1.29, 1.82) is 0 Å². The summed E-state index contributed by atoms with van der Waals surface area (Å²) < 4.78 is 11.7. The summed E-state index contributed by atoms with van der Waals surface area (Å²) in [5.74, 6) is 0.354. The van der Waals surface area contributed by atoms with E-state index in [1.54, 1.807) is 10.9 Å². The summed E-state index contributed by atoms with van der Waals surface area (Å²) in [6.07, 6.45) is 1.69.